The van der Waals surface area contributed by atoms with Crippen molar-refractivity contribution in [2.24, 2.45) is 0 Å². The highest BCUT2D eigenvalue weighted by Crippen LogP contribution is 2.14. The van der Waals surface area contributed by atoms with Gasteiger partial charge < -0.3 is 9.59 Å². The average Bonchev–Trinajstić information content (AvgIpc) is 3.19. The van der Waals surface area contributed by atoms with Crippen molar-refractivity contribution in [3.63, 3.8) is 0 Å². The van der Waals surface area contributed by atoms with Crippen LogP contribution in [0.1, 0.15) is 83.5 Å². The van der Waals surface area contributed by atoms with Crippen molar-refractivity contribution in [2.45, 2.75) is 83.5 Å². The Morgan fingerprint density at radius 3 is 1.29 bits per heavy atom. The van der Waals surface area contributed by atoms with Gasteiger partial charge in [0.1, 0.15) is 12.6 Å². The van der Waals surface area contributed by atoms with Crippen molar-refractivity contribution in [3.05, 3.63) is 25.3 Å². The van der Waals surface area contributed by atoms with Crippen LogP contribution >= 0.6 is 11.8 Å². The van der Waals surface area contributed by atoms with Gasteiger partial charge in [0.05, 0.1) is 0 Å². The molecule has 1 aliphatic rings. The second-order valence-corrected chi connectivity index (χ2v) is 7.08. The van der Waals surface area contributed by atoms with Gasteiger partial charge in [-0.05, 0) is 62.9 Å². The van der Waals surface area contributed by atoms with Gasteiger partial charge >= 0.3 is 0 Å². The minimum absolute atomic E-state index is 0.719. The monoisotopic (exact) mass is 354 g/mol. The van der Waals surface area contributed by atoms with E-state index in [2.05, 4.69) is 24.9 Å². The fraction of sp³-hybridized carbons (Fsp3) is 0.714. The molecule has 24 heavy (non-hydrogen) atoms. The Bertz CT molecular complexity index is 243. The predicted molar refractivity (Wildman–Crippen MR) is 110 cm³/mol. The minimum atomic E-state index is 0.719. The molecular formula is C21H38O2S. The zero-order valence-electron chi connectivity index (χ0n) is 15.6. The van der Waals surface area contributed by atoms with Gasteiger partial charge in [-0.15, -0.1) is 13.2 Å². The molecule has 0 N–H and O–H groups in total. The van der Waals surface area contributed by atoms with Crippen LogP contribution in [-0.4, -0.2) is 24.1 Å². The first kappa shape index (κ1) is 25.4. The second-order valence-electron chi connectivity index (χ2n) is 5.86. The van der Waals surface area contributed by atoms with E-state index in [4.69, 9.17) is 0 Å². The summed E-state index contributed by atoms with van der Waals surface area (Å²) in [5.41, 5.74) is 0. The van der Waals surface area contributed by atoms with E-state index in [1.807, 2.05) is 12.2 Å². The highest BCUT2D eigenvalue weighted by molar-refractivity contribution is 7.99. The van der Waals surface area contributed by atoms with Crippen LogP contribution in [0.3, 0.4) is 0 Å². The van der Waals surface area contributed by atoms with E-state index >= 15 is 0 Å². The summed E-state index contributed by atoms with van der Waals surface area (Å²) < 4.78 is 0. The first-order valence-electron chi connectivity index (χ1n) is 9.50. The van der Waals surface area contributed by atoms with Gasteiger partial charge in [-0.2, -0.15) is 11.8 Å². The number of thioether (sulfide) groups is 1. The van der Waals surface area contributed by atoms with E-state index in [1.54, 1.807) is 0 Å². The SMILES string of the molecule is C1CCSC1.C=CCCCCCC=O.C=CCCCCCCC=O. The first-order valence-corrected chi connectivity index (χ1v) is 10.7. The summed E-state index contributed by atoms with van der Waals surface area (Å²) in [6.45, 7) is 7.25. The summed E-state index contributed by atoms with van der Waals surface area (Å²) in [7, 11) is 0. The van der Waals surface area contributed by atoms with Crippen molar-refractivity contribution in [2.75, 3.05) is 11.5 Å². The molecule has 1 saturated heterocycles. The average molecular weight is 355 g/mol. The van der Waals surface area contributed by atoms with Crippen molar-refractivity contribution in [1.29, 1.82) is 0 Å². The topological polar surface area (TPSA) is 34.1 Å². The third kappa shape index (κ3) is 29.2. The molecule has 0 unspecified atom stereocenters. The lowest BCUT2D eigenvalue weighted by molar-refractivity contribution is -0.108. The van der Waals surface area contributed by atoms with Crippen LogP contribution < -0.4 is 0 Å². The van der Waals surface area contributed by atoms with Gasteiger partial charge in [-0.1, -0.05) is 31.4 Å². The Kier molecular flexibility index (Phi) is 28.6. The van der Waals surface area contributed by atoms with Crippen molar-refractivity contribution < 1.29 is 9.59 Å². The maximum atomic E-state index is 9.88. The molecule has 0 spiro atoms. The normalized spacial score (nSPS) is 12.2. The summed E-state index contributed by atoms with van der Waals surface area (Å²) in [5.74, 6) is 2.83. The fourth-order valence-corrected chi connectivity index (χ4v) is 3.09. The molecule has 0 aliphatic carbocycles. The zero-order valence-corrected chi connectivity index (χ0v) is 16.4. The number of allylic oxidation sites excluding steroid dienone is 2. The summed E-state index contributed by atoms with van der Waals surface area (Å²) in [4.78, 5) is 19.7. The van der Waals surface area contributed by atoms with Gasteiger partial charge in [0.25, 0.3) is 0 Å². The Balaban J connectivity index is 0. The predicted octanol–water partition coefficient (Wildman–Crippen LogP) is 6.55. The molecule has 2 nitrogen and oxygen atoms in total. The lowest BCUT2D eigenvalue weighted by Gasteiger charge is -1.94. The Morgan fingerprint density at radius 1 is 0.625 bits per heavy atom. The van der Waals surface area contributed by atoms with Crippen molar-refractivity contribution in [3.8, 4) is 0 Å². The lowest BCUT2D eigenvalue weighted by atomic mass is 10.1. The van der Waals surface area contributed by atoms with Crippen LogP contribution in [0.4, 0.5) is 0 Å². The number of hydrogen-bond donors (Lipinski definition) is 0. The molecular weight excluding hydrogens is 316 g/mol. The molecule has 0 aromatic heterocycles. The lowest BCUT2D eigenvalue weighted by Crippen LogP contribution is -1.78. The molecule has 0 radical (unpaired) electrons. The molecule has 1 aliphatic heterocycles. The zero-order chi connectivity index (χ0) is 18.1. The molecule has 1 rings (SSSR count). The van der Waals surface area contributed by atoms with Crippen LogP contribution in [0.2, 0.25) is 0 Å². The quantitative estimate of drug-likeness (QED) is 0.214. The van der Waals surface area contributed by atoms with Gasteiger partial charge in [-0.3, -0.25) is 0 Å². The van der Waals surface area contributed by atoms with Crippen LogP contribution in [0, 0.1) is 0 Å². The maximum absolute atomic E-state index is 9.88. The van der Waals surface area contributed by atoms with Gasteiger partial charge in [0, 0.05) is 12.8 Å². The standard InChI is InChI=1S/C9H16O.C8H14O.C4H8S/c1-2-3-4-5-6-7-8-9-10;1-2-3-4-5-6-7-8-9;1-2-4-5-3-1/h2,9H,1,3-8H2;2,8H,1,3-7H2;1-4H2. The summed E-state index contributed by atoms with van der Waals surface area (Å²) in [6, 6.07) is 0. The Morgan fingerprint density at radius 2 is 1.00 bits per heavy atom. The number of hydrogen-bond acceptors (Lipinski definition) is 3. The molecule has 0 amide bonds. The van der Waals surface area contributed by atoms with E-state index in [-0.39, 0.29) is 0 Å². The maximum Gasteiger partial charge on any atom is 0.119 e. The van der Waals surface area contributed by atoms with Gasteiger partial charge in [-0.25, -0.2) is 0 Å². The summed E-state index contributed by atoms with van der Waals surface area (Å²) in [5, 5.41) is 0. The molecule has 140 valence electrons. The van der Waals surface area contributed by atoms with Gasteiger partial charge in [0.15, 0.2) is 0 Å². The van der Waals surface area contributed by atoms with E-state index in [1.165, 1.54) is 50.0 Å². The highest BCUT2D eigenvalue weighted by atomic mass is 32.2. The minimum Gasteiger partial charge on any atom is -0.303 e. The Labute approximate surface area is 154 Å². The number of rotatable bonds is 13. The third-order valence-corrected chi connectivity index (χ3v) is 4.69. The molecule has 3 heteroatoms. The molecule has 0 aromatic carbocycles. The van der Waals surface area contributed by atoms with Crippen LogP contribution in [0.25, 0.3) is 0 Å². The fourth-order valence-electron chi connectivity index (χ4n) is 2.07. The van der Waals surface area contributed by atoms with Crippen LogP contribution in [-0.2, 0) is 9.59 Å². The Hall–Kier alpha value is -0.830. The van der Waals surface area contributed by atoms with Crippen molar-refractivity contribution in [1.82, 2.24) is 0 Å². The summed E-state index contributed by atoms with van der Waals surface area (Å²) >= 11 is 2.07. The van der Waals surface area contributed by atoms with Gasteiger partial charge in [0.2, 0.25) is 0 Å². The van der Waals surface area contributed by atoms with E-state index < -0.39 is 0 Å². The largest absolute Gasteiger partial charge is 0.303 e. The first-order chi connectivity index (χ1) is 11.8. The molecule has 1 heterocycles. The van der Waals surface area contributed by atoms with Crippen molar-refractivity contribution >= 4 is 24.3 Å². The number of aldehydes is 2. The van der Waals surface area contributed by atoms with Crippen LogP contribution in [0.5, 0.6) is 0 Å². The number of carbonyl (C=O) groups is 2. The van der Waals surface area contributed by atoms with E-state index in [0.29, 0.717) is 0 Å². The smallest absolute Gasteiger partial charge is 0.119 e. The molecule has 1 fully saturated rings. The molecule has 0 atom stereocenters. The summed E-state index contributed by atoms with van der Waals surface area (Å²) in [6.07, 6.45) is 20.5. The van der Waals surface area contributed by atoms with Crippen LogP contribution in [0.15, 0.2) is 25.3 Å². The third-order valence-electron chi connectivity index (χ3n) is 3.54. The number of unbranched alkanes of at least 4 members (excludes halogenated alkanes) is 9. The molecule has 0 bridgehead atoms. The highest BCUT2D eigenvalue weighted by Gasteiger charge is 1.95. The molecule has 0 aromatic rings. The van der Waals surface area contributed by atoms with E-state index in [9.17, 15) is 9.59 Å². The number of carbonyl (C=O) groups excluding carboxylic acids is 2. The van der Waals surface area contributed by atoms with E-state index in [0.717, 1.165) is 57.5 Å². The second kappa shape index (κ2) is 27.0. The molecule has 0 saturated carbocycles.